The zero-order valence-electron chi connectivity index (χ0n) is 23.7. The molecule has 230 valence electrons. The van der Waals surface area contributed by atoms with Crippen LogP contribution in [0.15, 0.2) is 66.9 Å². The van der Waals surface area contributed by atoms with Gasteiger partial charge >= 0.3 is 12.3 Å². The third-order valence-corrected chi connectivity index (χ3v) is 8.06. The lowest BCUT2D eigenvalue weighted by Gasteiger charge is -2.23. The molecule has 0 spiro atoms. The van der Waals surface area contributed by atoms with Crippen molar-refractivity contribution in [2.75, 3.05) is 24.6 Å². The Morgan fingerprint density at radius 2 is 1.82 bits per heavy atom. The van der Waals surface area contributed by atoms with Gasteiger partial charge in [0, 0.05) is 31.5 Å². The van der Waals surface area contributed by atoms with Gasteiger partial charge in [0.05, 0.1) is 23.4 Å². The molecule has 2 N–H and O–H groups in total. The van der Waals surface area contributed by atoms with Gasteiger partial charge in [-0.25, -0.2) is 14.5 Å². The third-order valence-electron chi connectivity index (χ3n) is 8.06. The first-order valence-electron chi connectivity index (χ1n) is 14.5. The number of carbonyl (C=O) groups is 1. The molecule has 0 saturated carbocycles. The highest BCUT2D eigenvalue weighted by atomic mass is 19.4. The summed E-state index contributed by atoms with van der Waals surface area (Å²) in [5, 5.41) is 15.8. The number of hydrogen-bond donors (Lipinski definition) is 2. The van der Waals surface area contributed by atoms with Gasteiger partial charge in [0.25, 0.3) is 0 Å². The second-order valence-electron chi connectivity index (χ2n) is 11.1. The first-order chi connectivity index (χ1) is 21.2. The maximum absolute atomic E-state index is 15.3. The van der Waals surface area contributed by atoms with Gasteiger partial charge in [-0.2, -0.15) is 17.6 Å². The van der Waals surface area contributed by atoms with Crippen LogP contribution in [-0.2, 0) is 4.74 Å². The van der Waals surface area contributed by atoms with Crippen molar-refractivity contribution in [2.24, 2.45) is 0 Å². The molecule has 2 aliphatic heterocycles. The van der Waals surface area contributed by atoms with Crippen molar-refractivity contribution in [1.29, 1.82) is 0 Å². The van der Waals surface area contributed by atoms with E-state index in [1.165, 1.54) is 10.9 Å². The summed E-state index contributed by atoms with van der Waals surface area (Å²) in [7, 11) is 0. The Hall–Kier alpha value is -4.45. The fraction of sp³-hybridized carbons (Fsp3) is 0.344. The minimum absolute atomic E-state index is 0.0299. The first-order valence-corrected chi connectivity index (χ1v) is 14.5. The topological polar surface area (TPSA) is 92.5 Å². The number of pyridine rings is 1. The summed E-state index contributed by atoms with van der Waals surface area (Å²) in [5.74, 6) is -0.144. The summed E-state index contributed by atoms with van der Waals surface area (Å²) < 4.78 is 65.0. The van der Waals surface area contributed by atoms with E-state index in [2.05, 4.69) is 15.4 Å². The van der Waals surface area contributed by atoms with Crippen LogP contribution in [-0.4, -0.2) is 57.9 Å². The molecule has 2 aromatic carbocycles. The fourth-order valence-corrected chi connectivity index (χ4v) is 6.07. The Kier molecular flexibility index (Phi) is 8.26. The molecular weight excluding hydrogens is 578 g/mol. The summed E-state index contributed by atoms with van der Waals surface area (Å²) in [6.45, 7) is 1.55. The summed E-state index contributed by atoms with van der Waals surface area (Å²) in [6.07, 6.45) is -2.59. The SMILES string of the molecule is O=C(O)N[C@@H]1CCN(c2ccc(/C(=C(/CC(F)(F)F)c3ccccc3)c3ccc4c(c3)c(F)nn4C3CCCCO3)cn2)C1. The number of alkyl halides is 3. The number of hydrogen-bond acceptors (Lipinski definition) is 5. The van der Waals surface area contributed by atoms with Crippen molar-refractivity contribution in [3.63, 3.8) is 0 Å². The molecule has 12 heteroatoms. The molecule has 4 aromatic rings. The first kappa shape index (κ1) is 29.6. The van der Waals surface area contributed by atoms with E-state index < -0.39 is 30.9 Å². The predicted octanol–water partition coefficient (Wildman–Crippen LogP) is 7.03. The van der Waals surface area contributed by atoms with E-state index in [0.717, 1.165) is 12.8 Å². The van der Waals surface area contributed by atoms with Crippen molar-refractivity contribution in [3.05, 3.63) is 89.5 Å². The van der Waals surface area contributed by atoms with Crippen LogP contribution < -0.4 is 10.2 Å². The number of anilines is 1. The van der Waals surface area contributed by atoms with Gasteiger partial charge in [0.2, 0.25) is 5.95 Å². The van der Waals surface area contributed by atoms with Crippen molar-refractivity contribution >= 4 is 34.0 Å². The van der Waals surface area contributed by atoms with Crippen LogP contribution >= 0.6 is 0 Å². The van der Waals surface area contributed by atoms with E-state index in [4.69, 9.17) is 9.84 Å². The molecule has 8 nitrogen and oxygen atoms in total. The lowest BCUT2D eigenvalue weighted by Crippen LogP contribution is -2.36. The number of halogens is 4. The van der Waals surface area contributed by atoms with Crippen LogP contribution in [0.5, 0.6) is 0 Å². The second-order valence-corrected chi connectivity index (χ2v) is 11.1. The van der Waals surface area contributed by atoms with Crippen molar-refractivity contribution in [3.8, 4) is 0 Å². The van der Waals surface area contributed by atoms with Gasteiger partial charge < -0.3 is 20.1 Å². The van der Waals surface area contributed by atoms with Crippen LogP contribution in [0, 0.1) is 5.95 Å². The second kappa shape index (κ2) is 12.3. The number of carboxylic acid groups (broad SMARTS) is 1. The summed E-state index contributed by atoms with van der Waals surface area (Å²) in [5.41, 5.74) is 2.02. The largest absolute Gasteiger partial charge is 0.465 e. The van der Waals surface area contributed by atoms with Crippen LogP contribution in [0.25, 0.3) is 22.0 Å². The van der Waals surface area contributed by atoms with Gasteiger partial charge in [-0.1, -0.05) is 36.4 Å². The zero-order chi connectivity index (χ0) is 30.8. The molecule has 2 saturated heterocycles. The number of benzene rings is 2. The van der Waals surface area contributed by atoms with Gasteiger partial charge in [0.15, 0.2) is 6.23 Å². The smallest absolute Gasteiger partial charge is 0.404 e. The highest BCUT2D eigenvalue weighted by molar-refractivity contribution is 6.00. The summed E-state index contributed by atoms with van der Waals surface area (Å²) in [6, 6.07) is 16.4. The monoisotopic (exact) mass is 609 g/mol. The lowest BCUT2D eigenvalue weighted by atomic mass is 9.88. The average molecular weight is 610 g/mol. The van der Waals surface area contributed by atoms with Gasteiger partial charge in [-0.05, 0) is 72.2 Å². The molecule has 44 heavy (non-hydrogen) atoms. The molecular formula is C32H31F4N5O3. The molecule has 2 aromatic heterocycles. The molecule has 0 aliphatic carbocycles. The maximum Gasteiger partial charge on any atom is 0.404 e. The standard InChI is InChI=1S/C32H31F4N5O3/c33-30-24-16-21(9-11-26(24)41(39-30)28-8-4-5-15-44-28)29(25(17-32(34,35)36)20-6-2-1-3-7-20)22-10-12-27(37-18-22)40-14-13-23(19-40)38-31(42)43/h1-3,6-7,9-12,16,18,23,28,38H,4-5,8,13-15,17,19H2,(H,42,43)/b29-25-/t23-,28?/m1/s1. The minimum Gasteiger partial charge on any atom is -0.465 e. The van der Waals surface area contributed by atoms with Gasteiger partial charge in [-0.3, -0.25) is 0 Å². The summed E-state index contributed by atoms with van der Waals surface area (Å²) in [4.78, 5) is 17.5. The normalized spacial score (nSPS) is 19.7. The lowest BCUT2D eigenvalue weighted by molar-refractivity contribution is -0.122. The minimum atomic E-state index is -4.52. The molecule has 4 heterocycles. The van der Waals surface area contributed by atoms with E-state index in [0.29, 0.717) is 60.6 Å². The molecule has 6 rings (SSSR count). The van der Waals surface area contributed by atoms with Crippen LogP contribution in [0.3, 0.4) is 0 Å². The molecule has 2 aliphatic rings. The number of rotatable bonds is 7. The number of fused-ring (bicyclic) bond motifs is 1. The number of nitrogens with one attached hydrogen (secondary N) is 1. The Balaban J connectivity index is 1.46. The molecule has 0 radical (unpaired) electrons. The molecule has 0 bridgehead atoms. The van der Waals surface area contributed by atoms with Crippen molar-refractivity contribution in [2.45, 2.75) is 50.6 Å². The number of ether oxygens (including phenoxy) is 1. The Morgan fingerprint density at radius 1 is 1.02 bits per heavy atom. The molecule has 2 atom stereocenters. The third kappa shape index (κ3) is 6.40. The number of aromatic nitrogens is 3. The van der Waals surface area contributed by atoms with E-state index in [1.807, 2.05) is 4.90 Å². The Labute approximate surface area is 251 Å². The Bertz CT molecular complexity index is 1670. The number of nitrogens with zero attached hydrogens (tertiary/aromatic N) is 4. The maximum atomic E-state index is 15.3. The molecule has 2 fully saturated rings. The van der Waals surface area contributed by atoms with Gasteiger partial charge in [-0.15, -0.1) is 5.10 Å². The fourth-order valence-electron chi connectivity index (χ4n) is 6.07. The quantitative estimate of drug-likeness (QED) is 0.173. The number of amides is 1. The summed E-state index contributed by atoms with van der Waals surface area (Å²) >= 11 is 0. The predicted molar refractivity (Wildman–Crippen MR) is 158 cm³/mol. The molecule has 1 amide bonds. The zero-order valence-corrected chi connectivity index (χ0v) is 23.7. The van der Waals surface area contributed by atoms with Crippen molar-refractivity contribution in [1.82, 2.24) is 20.1 Å². The van der Waals surface area contributed by atoms with E-state index in [1.54, 1.807) is 60.7 Å². The van der Waals surface area contributed by atoms with Gasteiger partial charge in [0.1, 0.15) is 5.82 Å². The van der Waals surface area contributed by atoms with E-state index in [-0.39, 0.29) is 22.6 Å². The average Bonchev–Trinajstić information content (AvgIpc) is 3.61. The highest BCUT2D eigenvalue weighted by Crippen LogP contribution is 2.40. The van der Waals surface area contributed by atoms with E-state index >= 15 is 4.39 Å². The van der Waals surface area contributed by atoms with Crippen LogP contribution in [0.4, 0.5) is 28.2 Å². The Morgan fingerprint density at radius 3 is 2.50 bits per heavy atom. The highest BCUT2D eigenvalue weighted by Gasteiger charge is 2.32. The number of allylic oxidation sites excluding steroid dienone is 1. The van der Waals surface area contributed by atoms with E-state index in [9.17, 15) is 18.0 Å². The van der Waals surface area contributed by atoms with Crippen molar-refractivity contribution < 1.29 is 32.2 Å². The van der Waals surface area contributed by atoms with Crippen LogP contribution in [0.2, 0.25) is 0 Å². The molecule has 1 unspecified atom stereocenters. The van der Waals surface area contributed by atoms with Crippen LogP contribution in [0.1, 0.15) is 55.0 Å².